The SMILES string of the molecule is CC(C)(C)c1ccc(CCNC(=O)CNc2ccc(-n3cnnn3)cc2)cc1. The standard InChI is InChI=1S/C21H26N6O/c1-21(2,3)17-6-4-16(5-7-17)12-13-22-20(28)14-23-18-8-10-19(11-9-18)27-15-24-25-26-27/h4-11,15,23H,12-14H2,1-3H3,(H,22,28). The van der Waals surface area contributed by atoms with Crippen LogP contribution in [0.4, 0.5) is 5.69 Å². The van der Waals surface area contributed by atoms with Crippen LogP contribution in [-0.2, 0) is 16.6 Å². The van der Waals surface area contributed by atoms with Crippen LogP contribution in [0.25, 0.3) is 5.69 Å². The lowest BCUT2D eigenvalue weighted by atomic mass is 9.86. The van der Waals surface area contributed by atoms with Crippen molar-refractivity contribution in [3.8, 4) is 5.69 Å². The Morgan fingerprint density at radius 2 is 1.75 bits per heavy atom. The zero-order valence-electron chi connectivity index (χ0n) is 16.5. The predicted molar refractivity (Wildman–Crippen MR) is 109 cm³/mol. The highest BCUT2D eigenvalue weighted by Crippen LogP contribution is 2.22. The monoisotopic (exact) mass is 378 g/mol. The Morgan fingerprint density at radius 3 is 2.36 bits per heavy atom. The quantitative estimate of drug-likeness (QED) is 0.660. The summed E-state index contributed by atoms with van der Waals surface area (Å²) in [5, 5.41) is 17.1. The summed E-state index contributed by atoms with van der Waals surface area (Å²) in [5.74, 6) is -0.0316. The molecule has 1 heterocycles. The van der Waals surface area contributed by atoms with E-state index in [1.54, 1.807) is 4.68 Å². The minimum atomic E-state index is -0.0316. The molecule has 3 aromatic rings. The first-order valence-electron chi connectivity index (χ1n) is 9.35. The molecule has 0 fully saturated rings. The van der Waals surface area contributed by atoms with E-state index < -0.39 is 0 Å². The summed E-state index contributed by atoms with van der Waals surface area (Å²) in [6.45, 7) is 7.46. The molecular formula is C21H26N6O. The van der Waals surface area contributed by atoms with E-state index in [0.717, 1.165) is 17.8 Å². The van der Waals surface area contributed by atoms with Gasteiger partial charge in [-0.1, -0.05) is 45.0 Å². The van der Waals surface area contributed by atoms with Crippen molar-refractivity contribution < 1.29 is 4.79 Å². The molecule has 2 N–H and O–H groups in total. The smallest absolute Gasteiger partial charge is 0.239 e. The van der Waals surface area contributed by atoms with E-state index in [4.69, 9.17) is 0 Å². The highest BCUT2D eigenvalue weighted by Gasteiger charge is 2.12. The molecule has 0 unspecified atom stereocenters. The van der Waals surface area contributed by atoms with Crippen LogP contribution in [0.2, 0.25) is 0 Å². The van der Waals surface area contributed by atoms with Crippen LogP contribution in [0.3, 0.4) is 0 Å². The molecule has 0 saturated heterocycles. The van der Waals surface area contributed by atoms with E-state index in [9.17, 15) is 4.79 Å². The zero-order valence-corrected chi connectivity index (χ0v) is 16.5. The molecule has 7 heteroatoms. The lowest BCUT2D eigenvalue weighted by Gasteiger charge is -2.19. The number of rotatable bonds is 7. The largest absolute Gasteiger partial charge is 0.376 e. The Labute approximate surface area is 165 Å². The Bertz CT molecular complexity index is 880. The number of carbonyl (C=O) groups excluding carboxylic acids is 1. The number of nitrogens with zero attached hydrogens (tertiary/aromatic N) is 4. The highest BCUT2D eigenvalue weighted by molar-refractivity contribution is 5.80. The number of tetrazole rings is 1. The molecule has 28 heavy (non-hydrogen) atoms. The van der Waals surface area contributed by atoms with E-state index in [1.165, 1.54) is 17.5 Å². The molecule has 0 radical (unpaired) electrons. The molecule has 0 saturated carbocycles. The van der Waals surface area contributed by atoms with Gasteiger partial charge in [0.2, 0.25) is 5.91 Å². The molecule has 1 aromatic heterocycles. The van der Waals surface area contributed by atoms with Gasteiger partial charge in [0.25, 0.3) is 0 Å². The van der Waals surface area contributed by atoms with E-state index in [2.05, 4.69) is 71.2 Å². The summed E-state index contributed by atoms with van der Waals surface area (Å²) in [7, 11) is 0. The summed E-state index contributed by atoms with van der Waals surface area (Å²) in [4.78, 5) is 12.0. The van der Waals surface area contributed by atoms with Gasteiger partial charge in [0.05, 0.1) is 12.2 Å². The van der Waals surface area contributed by atoms with E-state index in [1.807, 2.05) is 24.3 Å². The van der Waals surface area contributed by atoms with Gasteiger partial charge in [-0.3, -0.25) is 4.79 Å². The van der Waals surface area contributed by atoms with Crippen LogP contribution in [0, 0.1) is 0 Å². The van der Waals surface area contributed by atoms with Gasteiger partial charge in [-0.2, -0.15) is 0 Å². The van der Waals surface area contributed by atoms with Crippen molar-refractivity contribution in [3.63, 3.8) is 0 Å². The maximum absolute atomic E-state index is 12.0. The minimum Gasteiger partial charge on any atom is -0.376 e. The molecular weight excluding hydrogens is 352 g/mol. The Kier molecular flexibility index (Phi) is 6.03. The average molecular weight is 378 g/mol. The highest BCUT2D eigenvalue weighted by atomic mass is 16.1. The van der Waals surface area contributed by atoms with Crippen molar-refractivity contribution in [2.75, 3.05) is 18.4 Å². The van der Waals surface area contributed by atoms with Crippen molar-refractivity contribution in [2.24, 2.45) is 0 Å². The molecule has 2 aromatic carbocycles. The summed E-state index contributed by atoms with van der Waals surface area (Å²) in [6, 6.07) is 16.2. The number of carbonyl (C=O) groups is 1. The Hall–Kier alpha value is -3.22. The number of aromatic nitrogens is 4. The normalized spacial score (nSPS) is 11.2. The topological polar surface area (TPSA) is 84.7 Å². The van der Waals surface area contributed by atoms with Crippen LogP contribution in [0.15, 0.2) is 54.9 Å². The van der Waals surface area contributed by atoms with Crippen molar-refractivity contribution in [2.45, 2.75) is 32.6 Å². The first-order chi connectivity index (χ1) is 13.4. The second kappa shape index (κ2) is 8.65. The van der Waals surface area contributed by atoms with Gasteiger partial charge < -0.3 is 10.6 Å². The van der Waals surface area contributed by atoms with Gasteiger partial charge in [-0.15, -0.1) is 5.10 Å². The molecule has 3 rings (SSSR count). The van der Waals surface area contributed by atoms with E-state index in [0.29, 0.717) is 6.54 Å². The second-order valence-corrected chi connectivity index (χ2v) is 7.70. The third-order valence-corrected chi connectivity index (χ3v) is 4.49. The predicted octanol–water partition coefficient (Wildman–Crippen LogP) is 2.73. The van der Waals surface area contributed by atoms with Gasteiger partial charge >= 0.3 is 0 Å². The summed E-state index contributed by atoms with van der Waals surface area (Å²) < 4.78 is 1.57. The van der Waals surface area contributed by atoms with Gasteiger partial charge in [-0.05, 0) is 57.7 Å². The van der Waals surface area contributed by atoms with Gasteiger partial charge in [-0.25, -0.2) is 4.68 Å². The van der Waals surface area contributed by atoms with Crippen LogP contribution in [-0.4, -0.2) is 39.2 Å². The fourth-order valence-corrected chi connectivity index (χ4v) is 2.77. The second-order valence-electron chi connectivity index (χ2n) is 7.70. The number of hydrogen-bond acceptors (Lipinski definition) is 5. The molecule has 7 nitrogen and oxygen atoms in total. The number of amides is 1. The summed E-state index contributed by atoms with van der Waals surface area (Å²) in [5.41, 5.74) is 4.42. The molecule has 0 spiro atoms. The lowest BCUT2D eigenvalue weighted by Crippen LogP contribution is -2.31. The molecule has 146 valence electrons. The third kappa shape index (κ3) is 5.39. The number of hydrogen-bond donors (Lipinski definition) is 2. The Balaban J connectivity index is 1.40. The van der Waals surface area contributed by atoms with Crippen molar-refractivity contribution in [1.82, 2.24) is 25.5 Å². The molecule has 0 bridgehead atoms. The van der Waals surface area contributed by atoms with E-state index >= 15 is 0 Å². The number of anilines is 1. The zero-order chi connectivity index (χ0) is 20.0. The fourth-order valence-electron chi connectivity index (χ4n) is 2.77. The van der Waals surface area contributed by atoms with Crippen LogP contribution in [0.1, 0.15) is 31.9 Å². The maximum Gasteiger partial charge on any atom is 0.239 e. The summed E-state index contributed by atoms with van der Waals surface area (Å²) in [6.07, 6.45) is 2.35. The first-order valence-corrected chi connectivity index (χ1v) is 9.35. The van der Waals surface area contributed by atoms with E-state index in [-0.39, 0.29) is 17.9 Å². The van der Waals surface area contributed by atoms with Crippen molar-refractivity contribution in [1.29, 1.82) is 0 Å². The molecule has 0 aliphatic rings. The lowest BCUT2D eigenvalue weighted by molar-refractivity contribution is -0.119. The van der Waals surface area contributed by atoms with Crippen molar-refractivity contribution >= 4 is 11.6 Å². The van der Waals surface area contributed by atoms with Crippen LogP contribution >= 0.6 is 0 Å². The average Bonchev–Trinajstić information content (AvgIpc) is 3.21. The number of nitrogens with one attached hydrogen (secondary N) is 2. The van der Waals surface area contributed by atoms with Gasteiger partial charge in [0.15, 0.2) is 0 Å². The van der Waals surface area contributed by atoms with Crippen LogP contribution in [0.5, 0.6) is 0 Å². The third-order valence-electron chi connectivity index (χ3n) is 4.49. The fraction of sp³-hybridized carbons (Fsp3) is 0.333. The molecule has 1 amide bonds. The number of benzene rings is 2. The summed E-state index contributed by atoms with van der Waals surface area (Å²) >= 11 is 0. The molecule has 0 aliphatic heterocycles. The van der Waals surface area contributed by atoms with Crippen molar-refractivity contribution in [3.05, 3.63) is 66.0 Å². The minimum absolute atomic E-state index is 0.0316. The van der Waals surface area contributed by atoms with Gasteiger partial charge in [0, 0.05) is 12.2 Å². The maximum atomic E-state index is 12.0. The Morgan fingerprint density at radius 1 is 1.04 bits per heavy atom. The first kappa shape index (κ1) is 19.5. The van der Waals surface area contributed by atoms with Crippen LogP contribution < -0.4 is 10.6 Å². The van der Waals surface area contributed by atoms with Gasteiger partial charge in [0.1, 0.15) is 6.33 Å². The molecule has 0 aliphatic carbocycles. The molecule has 0 atom stereocenters.